The number of benzene rings is 1. The van der Waals surface area contributed by atoms with Crippen molar-refractivity contribution in [1.29, 1.82) is 0 Å². The summed E-state index contributed by atoms with van der Waals surface area (Å²) in [5.41, 5.74) is 7.05. The second-order valence-electron chi connectivity index (χ2n) is 8.10. The van der Waals surface area contributed by atoms with Gasteiger partial charge in [-0.2, -0.15) is 18.2 Å². The molecule has 1 amide bonds. The molecule has 2 aliphatic rings. The van der Waals surface area contributed by atoms with E-state index >= 15 is 0 Å². The lowest BCUT2D eigenvalue weighted by atomic mass is 9.96. The Balaban J connectivity index is 1.65. The van der Waals surface area contributed by atoms with E-state index in [0.717, 1.165) is 67.9 Å². The maximum absolute atomic E-state index is 13.2. The normalized spacial score (nSPS) is 18.6. The lowest BCUT2D eigenvalue weighted by molar-refractivity contribution is -0.137. The molecule has 2 aromatic rings. The number of hydrogen-bond acceptors (Lipinski definition) is 6. The summed E-state index contributed by atoms with van der Waals surface area (Å²) in [6, 6.07) is 3.38. The molecule has 1 fully saturated rings. The molecule has 1 saturated heterocycles. The van der Waals surface area contributed by atoms with Gasteiger partial charge in [0.25, 0.3) is 0 Å². The SMILES string of the molecule is CC(=O)NC1CCN(c2nc(Nc3cc(N)cc(C(F)(F)F)c3)nc3c2CCCC3)C1. The molecule has 10 heteroatoms. The van der Waals surface area contributed by atoms with Crippen LogP contribution < -0.4 is 21.3 Å². The third-order valence-corrected chi connectivity index (χ3v) is 5.60. The summed E-state index contributed by atoms with van der Waals surface area (Å²) in [6.45, 7) is 2.88. The van der Waals surface area contributed by atoms with Gasteiger partial charge in [0.05, 0.1) is 11.3 Å². The lowest BCUT2D eigenvalue weighted by Crippen LogP contribution is -2.36. The molecular weight excluding hydrogens is 409 g/mol. The highest BCUT2D eigenvalue weighted by Gasteiger charge is 2.32. The predicted molar refractivity (Wildman–Crippen MR) is 112 cm³/mol. The average molecular weight is 434 g/mol. The number of aryl methyl sites for hydroxylation is 1. The summed E-state index contributed by atoms with van der Waals surface area (Å²) in [6.07, 6.45) is 0.0282. The number of halogens is 3. The third kappa shape index (κ3) is 4.83. The highest BCUT2D eigenvalue weighted by molar-refractivity contribution is 5.73. The number of nitrogens with zero attached hydrogens (tertiary/aromatic N) is 3. The minimum Gasteiger partial charge on any atom is -0.399 e. The topological polar surface area (TPSA) is 96.2 Å². The van der Waals surface area contributed by atoms with Crippen molar-refractivity contribution in [3.8, 4) is 0 Å². The number of anilines is 4. The number of nitrogen functional groups attached to an aromatic ring is 1. The molecule has 166 valence electrons. The first kappa shape index (κ1) is 21.2. The molecule has 1 aliphatic carbocycles. The highest BCUT2D eigenvalue weighted by atomic mass is 19.4. The van der Waals surface area contributed by atoms with Gasteiger partial charge in [0.15, 0.2) is 0 Å². The van der Waals surface area contributed by atoms with Crippen molar-refractivity contribution in [3.63, 3.8) is 0 Å². The molecule has 1 unspecified atom stereocenters. The van der Waals surface area contributed by atoms with E-state index in [1.807, 2.05) is 0 Å². The van der Waals surface area contributed by atoms with Crippen molar-refractivity contribution in [3.05, 3.63) is 35.0 Å². The maximum Gasteiger partial charge on any atom is 0.416 e. The molecule has 1 aliphatic heterocycles. The van der Waals surface area contributed by atoms with E-state index < -0.39 is 11.7 Å². The number of nitrogens with two attached hydrogens (primary N) is 1. The average Bonchev–Trinajstić information content (AvgIpc) is 3.14. The minimum atomic E-state index is -4.50. The van der Waals surface area contributed by atoms with Crippen molar-refractivity contribution < 1.29 is 18.0 Å². The Morgan fingerprint density at radius 3 is 2.71 bits per heavy atom. The number of fused-ring (bicyclic) bond motifs is 1. The molecule has 1 aromatic carbocycles. The smallest absolute Gasteiger partial charge is 0.399 e. The van der Waals surface area contributed by atoms with Gasteiger partial charge < -0.3 is 21.3 Å². The van der Waals surface area contributed by atoms with E-state index in [1.165, 1.54) is 13.0 Å². The van der Waals surface area contributed by atoms with Crippen LogP contribution in [0.1, 0.15) is 43.0 Å². The Morgan fingerprint density at radius 2 is 1.97 bits per heavy atom. The van der Waals surface area contributed by atoms with Gasteiger partial charge in [0.1, 0.15) is 5.82 Å². The first-order valence-electron chi connectivity index (χ1n) is 10.4. The van der Waals surface area contributed by atoms with Gasteiger partial charge in [-0.3, -0.25) is 4.79 Å². The van der Waals surface area contributed by atoms with Crippen molar-refractivity contribution in [1.82, 2.24) is 15.3 Å². The molecule has 7 nitrogen and oxygen atoms in total. The molecule has 0 saturated carbocycles. The summed E-state index contributed by atoms with van der Waals surface area (Å²) in [5, 5.41) is 5.86. The standard InChI is InChI=1S/C21H25F3N6O/c1-12(31)26-15-6-7-30(11-15)19-17-4-2-3-5-18(17)28-20(29-19)27-16-9-13(21(22,23)24)8-14(25)10-16/h8-10,15H,2-7,11,25H2,1H3,(H,26,31)(H,27,28,29). The van der Waals surface area contributed by atoms with Gasteiger partial charge in [-0.05, 0) is 50.3 Å². The summed E-state index contributed by atoms with van der Waals surface area (Å²) in [7, 11) is 0. The van der Waals surface area contributed by atoms with E-state index in [2.05, 4.69) is 25.5 Å². The third-order valence-electron chi connectivity index (χ3n) is 5.60. The van der Waals surface area contributed by atoms with Gasteiger partial charge in [-0.25, -0.2) is 4.98 Å². The zero-order valence-electron chi connectivity index (χ0n) is 17.2. The van der Waals surface area contributed by atoms with Crippen molar-refractivity contribution in [2.24, 2.45) is 0 Å². The van der Waals surface area contributed by atoms with E-state index in [-0.39, 0.29) is 29.3 Å². The molecule has 4 N–H and O–H groups in total. The number of rotatable bonds is 4. The van der Waals surface area contributed by atoms with Crippen molar-refractivity contribution in [2.75, 3.05) is 29.0 Å². The number of aromatic nitrogens is 2. The van der Waals surface area contributed by atoms with E-state index in [4.69, 9.17) is 5.73 Å². The van der Waals surface area contributed by atoms with Gasteiger partial charge >= 0.3 is 6.18 Å². The van der Waals surface area contributed by atoms with Gasteiger partial charge in [-0.1, -0.05) is 0 Å². The quantitative estimate of drug-likeness (QED) is 0.639. The second kappa shape index (κ2) is 8.24. The number of carbonyl (C=O) groups is 1. The Hall–Kier alpha value is -3.04. The number of amides is 1. The lowest BCUT2D eigenvalue weighted by Gasteiger charge is -2.25. The van der Waals surface area contributed by atoms with E-state index in [0.29, 0.717) is 6.54 Å². The summed E-state index contributed by atoms with van der Waals surface area (Å²) in [5.74, 6) is 0.971. The number of alkyl halides is 3. The second-order valence-corrected chi connectivity index (χ2v) is 8.10. The first-order valence-corrected chi connectivity index (χ1v) is 10.4. The molecular formula is C21H25F3N6O. The van der Waals surface area contributed by atoms with Crippen LogP contribution in [-0.4, -0.2) is 35.0 Å². The molecule has 1 atom stereocenters. The zero-order chi connectivity index (χ0) is 22.2. The highest BCUT2D eigenvalue weighted by Crippen LogP contribution is 2.35. The fourth-order valence-electron chi connectivity index (χ4n) is 4.27. The molecule has 0 radical (unpaired) electrons. The fourth-order valence-corrected chi connectivity index (χ4v) is 4.27. The summed E-state index contributed by atoms with van der Waals surface area (Å²) >= 11 is 0. The number of nitrogens with one attached hydrogen (secondary N) is 2. The molecule has 1 aromatic heterocycles. The van der Waals surface area contributed by atoms with Crippen LogP contribution in [0.2, 0.25) is 0 Å². The van der Waals surface area contributed by atoms with E-state index in [1.54, 1.807) is 0 Å². The Labute approximate surface area is 178 Å². The Bertz CT molecular complexity index is 994. The fraction of sp³-hybridized carbons (Fsp3) is 0.476. The summed E-state index contributed by atoms with van der Waals surface area (Å²) in [4.78, 5) is 22.8. The number of hydrogen-bond donors (Lipinski definition) is 3. The van der Waals surface area contributed by atoms with Crippen LogP contribution >= 0.6 is 0 Å². The van der Waals surface area contributed by atoms with E-state index in [9.17, 15) is 18.0 Å². The molecule has 2 heterocycles. The van der Waals surface area contributed by atoms with Crippen LogP contribution in [0, 0.1) is 0 Å². The van der Waals surface area contributed by atoms with Crippen LogP contribution in [0.5, 0.6) is 0 Å². The Kier molecular flexibility index (Phi) is 5.63. The predicted octanol–water partition coefficient (Wildman–Crippen LogP) is 3.41. The molecule has 4 rings (SSSR count). The van der Waals surface area contributed by atoms with Crippen LogP contribution in [0.15, 0.2) is 18.2 Å². The first-order chi connectivity index (χ1) is 14.7. The van der Waals surface area contributed by atoms with Crippen LogP contribution in [0.3, 0.4) is 0 Å². The van der Waals surface area contributed by atoms with Crippen LogP contribution in [-0.2, 0) is 23.8 Å². The Morgan fingerprint density at radius 1 is 1.19 bits per heavy atom. The van der Waals surface area contributed by atoms with Gasteiger partial charge in [-0.15, -0.1) is 0 Å². The minimum absolute atomic E-state index is 0.00759. The molecule has 0 bridgehead atoms. The number of carbonyl (C=O) groups excluding carboxylic acids is 1. The van der Waals surface area contributed by atoms with Gasteiger partial charge in [0.2, 0.25) is 11.9 Å². The maximum atomic E-state index is 13.2. The molecule has 31 heavy (non-hydrogen) atoms. The van der Waals surface area contributed by atoms with Gasteiger partial charge in [0, 0.05) is 43.0 Å². The van der Waals surface area contributed by atoms with Crippen molar-refractivity contribution >= 4 is 29.0 Å². The monoisotopic (exact) mass is 434 g/mol. The van der Waals surface area contributed by atoms with Crippen molar-refractivity contribution in [2.45, 2.75) is 51.2 Å². The van der Waals surface area contributed by atoms with Crippen LogP contribution in [0.4, 0.5) is 36.3 Å². The largest absolute Gasteiger partial charge is 0.416 e. The zero-order valence-corrected chi connectivity index (χ0v) is 17.2. The van der Waals surface area contributed by atoms with Crippen LogP contribution in [0.25, 0.3) is 0 Å². The summed E-state index contributed by atoms with van der Waals surface area (Å²) < 4.78 is 39.5. The molecule has 0 spiro atoms.